The number of esters is 1. The van der Waals surface area contributed by atoms with Crippen molar-refractivity contribution >= 4 is 41.1 Å². The van der Waals surface area contributed by atoms with Crippen molar-refractivity contribution in [2.45, 2.75) is 0 Å². The number of para-hydroxylation sites is 1. The van der Waals surface area contributed by atoms with Crippen LogP contribution in [-0.2, 0) is 9.59 Å². The van der Waals surface area contributed by atoms with Crippen LogP contribution in [0.25, 0.3) is 6.08 Å². The van der Waals surface area contributed by atoms with Crippen molar-refractivity contribution in [3.63, 3.8) is 0 Å². The van der Waals surface area contributed by atoms with Crippen LogP contribution >= 0.6 is 11.6 Å². The summed E-state index contributed by atoms with van der Waals surface area (Å²) >= 11 is 5.84. The van der Waals surface area contributed by atoms with Crippen molar-refractivity contribution in [1.29, 1.82) is 0 Å². The second-order valence-corrected chi connectivity index (χ2v) is 7.22. The van der Waals surface area contributed by atoms with E-state index in [-0.39, 0.29) is 17.1 Å². The number of hydrogen-bond donors (Lipinski definition) is 1. The zero-order valence-corrected chi connectivity index (χ0v) is 17.6. The molecule has 8 heteroatoms. The number of hydrogen-bond acceptors (Lipinski definition) is 5. The molecule has 160 valence electrons. The number of carbonyl (C=O) groups excluding carboxylic acids is 3. The second kappa shape index (κ2) is 8.95. The Kier molecular flexibility index (Phi) is 5.91. The lowest BCUT2D eigenvalue weighted by Crippen LogP contribution is -2.35. The van der Waals surface area contributed by atoms with Gasteiger partial charge in [-0.15, -0.1) is 0 Å². The Hall–Kier alpha value is -4.10. The maximum absolute atomic E-state index is 12.7. The topological polar surface area (TPSA) is 84.9 Å². The molecule has 1 saturated heterocycles. The fourth-order valence-corrected chi connectivity index (χ4v) is 3.21. The van der Waals surface area contributed by atoms with Crippen LogP contribution < -0.4 is 19.9 Å². The average Bonchev–Trinajstić information content (AvgIpc) is 3.09. The smallest absolute Gasteiger partial charge is 0.343 e. The number of halogens is 1. The van der Waals surface area contributed by atoms with Crippen LogP contribution in [0.2, 0.25) is 5.02 Å². The zero-order chi connectivity index (χ0) is 22.7. The van der Waals surface area contributed by atoms with Crippen LogP contribution in [0.1, 0.15) is 15.9 Å². The van der Waals surface area contributed by atoms with E-state index in [0.29, 0.717) is 21.8 Å². The predicted octanol–water partition coefficient (Wildman–Crippen LogP) is 4.03. The number of amides is 2. The molecule has 1 aliphatic heterocycles. The Morgan fingerprint density at radius 3 is 2.38 bits per heavy atom. The van der Waals surface area contributed by atoms with Gasteiger partial charge in [0.1, 0.15) is 5.57 Å². The Morgan fingerprint density at radius 1 is 0.969 bits per heavy atom. The summed E-state index contributed by atoms with van der Waals surface area (Å²) in [6, 6.07) is 19.8. The Morgan fingerprint density at radius 2 is 1.69 bits per heavy atom. The first kappa shape index (κ1) is 21.1. The number of benzene rings is 3. The summed E-state index contributed by atoms with van der Waals surface area (Å²) in [4.78, 5) is 37.5. The predicted molar refractivity (Wildman–Crippen MR) is 119 cm³/mol. The highest BCUT2D eigenvalue weighted by Crippen LogP contribution is 2.30. The van der Waals surface area contributed by atoms with E-state index >= 15 is 0 Å². The van der Waals surface area contributed by atoms with E-state index in [1.165, 1.54) is 24.3 Å². The second-order valence-electron chi connectivity index (χ2n) is 6.78. The van der Waals surface area contributed by atoms with Crippen molar-refractivity contribution in [2.75, 3.05) is 12.1 Å². The lowest BCUT2D eigenvalue weighted by Gasteiger charge is -2.13. The van der Waals surface area contributed by atoms with Crippen molar-refractivity contribution < 1.29 is 23.9 Å². The molecule has 0 spiro atoms. The molecule has 0 bridgehead atoms. The molecule has 3 aromatic carbocycles. The molecule has 32 heavy (non-hydrogen) atoms. The molecule has 1 N–H and O–H groups in total. The van der Waals surface area contributed by atoms with E-state index in [1.54, 1.807) is 60.7 Å². The number of nitrogens with one attached hydrogen (secondary N) is 1. The van der Waals surface area contributed by atoms with Gasteiger partial charge in [0.05, 0.1) is 18.4 Å². The third-order valence-corrected chi connectivity index (χ3v) is 4.94. The van der Waals surface area contributed by atoms with Gasteiger partial charge in [0, 0.05) is 5.02 Å². The van der Waals surface area contributed by atoms with Gasteiger partial charge in [0.15, 0.2) is 11.5 Å². The highest BCUT2D eigenvalue weighted by molar-refractivity contribution is 6.31. The highest BCUT2D eigenvalue weighted by Gasteiger charge is 2.34. The molecule has 3 aromatic rings. The molecule has 1 fully saturated rings. The van der Waals surface area contributed by atoms with E-state index in [0.717, 1.165) is 0 Å². The van der Waals surface area contributed by atoms with Crippen molar-refractivity contribution in [2.24, 2.45) is 0 Å². The molecule has 0 atom stereocenters. The van der Waals surface area contributed by atoms with E-state index in [2.05, 4.69) is 5.43 Å². The van der Waals surface area contributed by atoms with E-state index in [9.17, 15) is 14.4 Å². The molecule has 0 unspecified atom stereocenters. The van der Waals surface area contributed by atoms with Gasteiger partial charge in [-0.3, -0.25) is 15.0 Å². The lowest BCUT2D eigenvalue weighted by atomic mass is 10.1. The highest BCUT2D eigenvalue weighted by atomic mass is 35.5. The van der Waals surface area contributed by atoms with Crippen LogP contribution in [0, 0.1) is 0 Å². The molecular weight excluding hydrogens is 432 g/mol. The summed E-state index contributed by atoms with van der Waals surface area (Å²) < 4.78 is 10.7. The molecule has 1 aliphatic rings. The number of ether oxygens (including phenoxy) is 2. The maximum Gasteiger partial charge on any atom is 0.343 e. The van der Waals surface area contributed by atoms with Gasteiger partial charge in [0.2, 0.25) is 0 Å². The SMILES string of the molecule is COc1cc(/C=C2/C(=O)NN(c3ccccc3)C2=O)ccc1OC(=O)c1ccc(Cl)cc1. The molecule has 0 radical (unpaired) electrons. The van der Waals surface area contributed by atoms with E-state index < -0.39 is 17.8 Å². The van der Waals surface area contributed by atoms with Crippen molar-refractivity contribution in [3.8, 4) is 11.5 Å². The summed E-state index contributed by atoms with van der Waals surface area (Å²) in [5.74, 6) is -1.10. The van der Waals surface area contributed by atoms with Crippen LogP contribution in [0.4, 0.5) is 5.69 Å². The third kappa shape index (κ3) is 4.33. The minimum Gasteiger partial charge on any atom is -0.493 e. The number of carbonyl (C=O) groups is 3. The first-order valence-corrected chi connectivity index (χ1v) is 9.92. The fourth-order valence-electron chi connectivity index (χ4n) is 3.09. The largest absolute Gasteiger partial charge is 0.493 e. The summed E-state index contributed by atoms with van der Waals surface area (Å²) in [5, 5.41) is 1.70. The minimum atomic E-state index is -0.574. The van der Waals surface area contributed by atoms with Crippen LogP contribution in [-0.4, -0.2) is 24.9 Å². The molecule has 7 nitrogen and oxygen atoms in total. The quantitative estimate of drug-likeness (QED) is 0.276. The summed E-state index contributed by atoms with van der Waals surface area (Å²) in [5.41, 5.74) is 3.93. The third-order valence-electron chi connectivity index (χ3n) is 4.69. The van der Waals surface area contributed by atoms with Gasteiger partial charge >= 0.3 is 5.97 Å². The van der Waals surface area contributed by atoms with Crippen LogP contribution in [0.15, 0.2) is 78.4 Å². The van der Waals surface area contributed by atoms with Gasteiger partial charge in [-0.25, -0.2) is 9.80 Å². The molecule has 0 aliphatic carbocycles. The van der Waals surface area contributed by atoms with Crippen molar-refractivity contribution in [3.05, 3.63) is 94.5 Å². The normalized spacial score (nSPS) is 14.4. The molecule has 4 rings (SSSR count). The minimum absolute atomic E-state index is 0.0261. The first-order chi connectivity index (χ1) is 15.5. The monoisotopic (exact) mass is 448 g/mol. The average molecular weight is 449 g/mol. The van der Waals surface area contributed by atoms with Gasteiger partial charge in [0.25, 0.3) is 11.8 Å². The van der Waals surface area contributed by atoms with Crippen molar-refractivity contribution in [1.82, 2.24) is 5.43 Å². The molecule has 1 heterocycles. The van der Waals surface area contributed by atoms with E-state index in [4.69, 9.17) is 21.1 Å². The molecule has 0 saturated carbocycles. The zero-order valence-electron chi connectivity index (χ0n) is 16.9. The summed E-state index contributed by atoms with van der Waals surface area (Å²) in [7, 11) is 1.43. The Labute approximate surface area is 188 Å². The van der Waals surface area contributed by atoms with Gasteiger partial charge in [-0.2, -0.15) is 0 Å². The number of hydrazine groups is 1. The fraction of sp³-hybridized carbons (Fsp3) is 0.0417. The van der Waals surface area contributed by atoms with Gasteiger partial charge in [-0.1, -0.05) is 35.9 Å². The number of methoxy groups -OCH3 is 1. The number of anilines is 1. The van der Waals surface area contributed by atoms with Crippen LogP contribution in [0.3, 0.4) is 0 Å². The Bertz CT molecular complexity index is 1220. The number of nitrogens with zero attached hydrogens (tertiary/aromatic N) is 1. The Balaban J connectivity index is 1.56. The van der Waals surface area contributed by atoms with E-state index in [1.807, 2.05) is 6.07 Å². The van der Waals surface area contributed by atoms with Crippen LogP contribution in [0.5, 0.6) is 11.5 Å². The summed E-state index contributed by atoms with van der Waals surface area (Å²) in [6.45, 7) is 0. The lowest BCUT2D eigenvalue weighted by molar-refractivity contribution is -0.117. The maximum atomic E-state index is 12.7. The first-order valence-electron chi connectivity index (χ1n) is 9.54. The molecular formula is C24H17ClN2O5. The summed E-state index contributed by atoms with van der Waals surface area (Å²) in [6.07, 6.45) is 1.45. The van der Waals surface area contributed by atoms with Gasteiger partial charge in [-0.05, 0) is 60.2 Å². The number of rotatable bonds is 5. The molecule has 0 aromatic heterocycles. The molecule has 2 amide bonds. The van der Waals surface area contributed by atoms with Gasteiger partial charge < -0.3 is 9.47 Å². The standard InChI is InChI=1S/C24H17ClN2O5/c1-31-21-14-15(7-12-20(21)32-24(30)16-8-10-17(25)11-9-16)13-19-22(28)26-27(23(19)29)18-5-3-2-4-6-18/h2-14H,1H3,(H,26,28)/b19-13-.